The lowest BCUT2D eigenvalue weighted by Crippen LogP contribution is -2.34. The van der Waals surface area contributed by atoms with Crippen LogP contribution in [0.15, 0.2) is 30.5 Å². The maximum Gasteiger partial charge on any atom is 0.323 e. The van der Waals surface area contributed by atoms with Gasteiger partial charge in [0.05, 0.1) is 6.61 Å². The molecule has 4 heteroatoms. The molecule has 1 fully saturated rings. The Bertz CT molecular complexity index is 656. The maximum absolute atomic E-state index is 11.8. The van der Waals surface area contributed by atoms with Crippen LogP contribution in [0.2, 0.25) is 0 Å². The molecule has 1 aliphatic carbocycles. The predicted octanol–water partition coefficient (Wildman–Crippen LogP) is 3.19. The highest BCUT2D eigenvalue weighted by atomic mass is 16.5. The molecular formula is C18H24N2O2. The molecule has 118 valence electrons. The van der Waals surface area contributed by atoms with Crippen molar-refractivity contribution in [2.24, 2.45) is 5.73 Å². The summed E-state index contributed by atoms with van der Waals surface area (Å²) in [6.07, 6.45) is 7.80. The van der Waals surface area contributed by atoms with Crippen LogP contribution in [0, 0.1) is 0 Å². The Morgan fingerprint density at radius 3 is 2.82 bits per heavy atom. The van der Waals surface area contributed by atoms with Crippen molar-refractivity contribution in [2.45, 2.75) is 51.1 Å². The van der Waals surface area contributed by atoms with Gasteiger partial charge >= 0.3 is 5.97 Å². The number of para-hydroxylation sites is 1. The summed E-state index contributed by atoms with van der Waals surface area (Å²) in [5.41, 5.74) is 8.40. The van der Waals surface area contributed by atoms with Crippen LogP contribution in [0.1, 0.15) is 44.2 Å². The topological polar surface area (TPSA) is 57.2 Å². The molecule has 2 N–H and O–H groups in total. The van der Waals surface area contributed by atoms with Crippen molar-refractivity contribution in [3.63, 3.8) is 0 Å². The lowest BCUT2D eigenvalue weighted by Gasteiger charge is -2.13. The van der Waals surface area contributed by atoms with Crippen LogP contribution in [0.3, 0.4) is 0 Å². The Hall–Kier alpha value is -1.81. The standard InChI is InChI=1S/C18H24N2O2/c1-2-22-18(21)16(19)11-13-12-20(14-7-3-4-8-14)17-10-6-5-9-15(13)17/h5-6,9-10,12,14,16H,2-4,7-8,11,19H2,1H3. The summed E-state index contributed by atoms with van der Waals surface area (Å²) in [4.78, 5) is 11.8. The number of nitrogens with two attached hydrogens (primary N) is 1. The van der Waals surface area contributed by atoms with Crippen LogP contribution in [0.4, 0.5) is 0 Å². The fraction of sp³-hybridized carbons (Fsp3) is 0.500. The van der Waals surface area contributed by atoms with Crippen molar-refractivity contribution in [1.82, 2.24) is 4.57 Å². The second-order valence-electron chi connectivity index (χ2n) is 6.08. The van der Waals surface area contributed by atoms with Gasteiger partial charge in [0, 0.05) is 29.6 Å². The average Bonchev–Trinajstić information content (AvgIpc) is 3.15. The number of esters is 1. The zero-order valence-electron chi connectivity index (χ0n) is 13.1. The van der Waals surface area contributed by atoms with Crippen molar-refractivity contribution in [1.29, 1.82) is 0 Å². The molecule has 1 atom stereocenters. The zero-order chi connectivity index (χ0) is 15.5. The van der Waals surface area contributed by atoms with E-state index in [1.54, 1.807) is 6.92 Å². The van der Waals surface area contributed by atoms with E-state index in [0.717, 1.165) is 5.56 Å². The maximum atomic E-state index is 11.8. The highest BCUT2D eigenvalue weighted by molar-refractivity contribution is 5.85. The van der Waals surface area contributed by atoms with Gasteiger partial charge in [0.2, 0.25) is 0 Å². The molecule has 1 saturated carbocycles. The van der Waals surface area contributed by atoms with E-state index < -0.39 is 6.04 Å². The molecule has 0 spiro atoms. The van der Waals surface area contributed by atoms with Crippen LogP contribution in [0.25, 0.3) is 10.9 Å². The number of carbonyl (C=O) groups excluding carboxylic acids is 1. The summed E-state index contributed by atoms with van der Waals surface area (Å²) in [7, 11) is 0. The summed E-state index contributed by atoms with van der Waals surface area (Å²) < 4.78 is 7.41. The Morgan fingerprint density at radius 2 is 2.09 bits per heavy atom. The van der Waals surface area contributed by atoms with Gasteiger partial charge in [-0.05, 0) is 31.4 Å². The van der Waals surface area contributed by atoms with Gasteiger partial charge in [0.15, 0.2) is 0 Å². The lowest BCUT2D eigenvalue weighted by molar-refractivity contribution is -0.144. The third-order valence-corrected chi connectivity index (χ3v) is 4.57. The SMILES string of the molecule is CCOC(=O)C(N)Cc1cn(C2CCCC2)c2ccccc12. The second-order valence-corrected chi connectivity index (χ2v) is 6.08. The molecule has 1 unspecified atom stereocenters. The largest absolute Gasteiger partial charge is 0.465 e. The lowest BCUT2D eigenvalue weighted by atomic mass is 10.1. The number of carbonyl (C=O) groups is 1. The van der Waals surface area contributed by atoms with E-state index in [2.05, 4.69) is 29.0 Å². The fourth-order valence-corrected chi connectivity index (χ4v) is 3.49. The Morgan fingerprint density at radius 1 is 1.36 bits per heavy atom. The average molecular weight is 300 g/mol. The zero-order valence-corrected chi connectivity index (χ0v) is 13.1. The van der Waals surface area contributed by atoms with Gasteiger partial charge in [0.1, 0.15) is 6.04 Å². The van der Waals surface area contributed by atoms with E-state index >= 15 is 0 Å². The number of benzene rings is 1. The minimum atomic E-state index is -0.595. The Labute approximate surface area is 131 Å². The summed E-state index contributed by atoms with van der Waals surface area (Å²) in [6, 6.07) is 8.38. The number of rotatable bonds is 5. The third-order valence-electron chi connectivity index (χ3n) is 4.57. The molecule has 1 aliphatic rings. The first-order chi connectivity index (χ1) is 10.7. The molecule has 4 nitrogen and oxygen atoms in total. The van der Waals surface area contributed by atoms with Gasteiger partial charge in [-0.15, -0.1) is 0 Å². The molecule has 0 radical (unpaired) electrons. The molecule has 1 heterocycles. The smallest absolute Gasteiger partial charge is 0.323 e. The van der Waals surface area contributed by atoms with Crippen LogP contribution < -0.4 is 5.73 Å². The minimum absolute atomic E-state index is 0.319. The van der Waals surface area contributed by atoms with Crippen molar-refractivity contribution < 1.29 is 9.53 Å². The summed E-state index contributed by atoms with van der Waals surface area (Å²) in [5, 5.41) is 1.20. The molecule has 0 aliphatic heterocycles. The van der Waals surface area contributed by atoms with Crippen molar-refractivity contribution in [3.8, 4) is 0 Å². The molecule has 2 aromatic rings. The summed E-state index contributed by atoms with van der Waals surface area (Å²) >= 11 is 0. The van der Waals surface area contributed by atoms with E-state index in [9.17, 15) is 4.79 Å². The first kappa shape index (κ1) is 15.1. The van der Waals surface area contributed by atoms with Gasteiger partial charge in [-0.3, -0.25) is 4.79 Å². The third kappa shape index (κ3) is 2.88. The monoisotopic (exact) mass is 300 g/mol. The van der Waals surface area contributed by atoms with E-state index in [1.807, 2.05) is 6.07 Å². The Balaban J connectivity index is 1.91. The van der Waals surface area contributed by atoms with Crippen LogP contribution in [0.5, 0.6) is 0 Å². The van der Waals surface area contributed by atoms with Crippen molar-refractivity contribution >= 4 is 16.9 Å². The first-order valence-electron chi connectivity index (χ1n) is 8.21. The second kappa shape index (κ2) is 6.53. The molecule has 0 saturated heterocycles. The quantitative estimate of drug-likeness (QED) is 0.863. The number of aromatic nitrogens is 1. The van der Waals surface area contributed by atoms with Gasteiger partial charge in [-0.25, -0.2) is 0 Å². The number of fused-ring (bicyclic) bond motifs is 1. The number of hydrogen-bond acceptors (Lipinski definition) is 3. The van der Waals surface area contributed by atoms with E-state index in [1.165, 1.54) is 36.6 Å². The minimum Gasteiger partial charge on any atom is -0.465 e. The van der Waals surface area contributed by atoms with E-state index in [-0.39, 0.29) is 5.97 Å². The molecule has 0 amide bonds. The van der Waals surface area contributed by atoms with Gasteiger partial charge in [-0.1, -0.05) is 31.0 Å². The summed E-state index contributed by atoms with van der Waals surface area (Å²) in [6.45, 7) is 2.17. The van der Waals surface area contributed by atoms with Gasteiger partial charge in [-0.2, -0.15) is 0 Å². The molecule has 0 bridgehead atoms. The van der Waals surface area contributed by atoms with Crippen molar-refractivity contribution in [2.75, 3.05) is 6.61 Å². The normalized spacial score (nSPS) is 17.0. The number of nitrogens with zero attached hydrogens (tertiary/aromatic N) is 1. The summed E-state index contributed by atoms with van der Waals surface area (Å²) in [5.74, 6) is -0.319. The van der Waals surface area contributed by atoms with Crippen LogP contribution >= 0.6 is 0 Å². The first-order valence-corrected chi connectivity index (χ1v) is 8.21. The molecule has 22 heavy (non-hydrogen) atoms. The predicted molar refractivity (Wildman–Crippen MR) is 87.8 cm³/mol. The number of hydrogen-bond donors (Lipinski definition) is 1. The Kier molecular flexibility index (Phi) is 4.48. The van der Waals surface area contributed by atoms with E-state index in [0.29, 0.717) is 19.1 Å². The van der Waals surface area contributed by atoms with Crippen LogP contribution in [-0.2, 0) is 16.0 Å². The molecule has 1 aromatic carbocycles. The van der Waals surface area contributed by atoms with Gasteiger partial charge in [0.25, 0.3) is 0 Å². The van der Waals surface area contributed by atoms with E-state index in [4.69, 9.17) is 10.5 Å². The molecular weight excluding hydrogens is 276 g/mol. The van der Waals surface area contributed by atoms with Gasteiger partial charge < -0.3 is 15.0 Å². The highest BCUT2D eigenvalue weighted by Crippen LogP contribution is 2.34. The molecule has 1 aromatic heterocycles. The molecule has 3 rings (SSSR count). The van der Waals surface area contributed by atoms with Crippen LogP contribution in [-0.4, -0.2) is 23.2 Å². The highest BCUT2D eigenvalue weighted by Gasteiger charge is 2.22. The fourth-order valence-electron chi connectivity index (χ4n) is 3.49. The number of ether oxygens (including phenoxy) is 1. The van der Waals surface area contributed by atoms with Crippen molar-refractivity contribution in [3.05, 3.63) is 36.0 Å².